The summed E-state index contributed by atoms with van der Waals surface area (Å²) in [6.07, 6.45) is 4.85. The number of aliphatic hydroxyl groups is 1. The summed E-state index contributed by atoms with van der Waals surface area (Å²) >= 11 is 0. The smallest absolute Gasteiger partial charge is 0.387 e. The molecule has 1 saturated carbocycles. The van der Waals surface area contributed by atoms with E-state index in [1.54, 1.807) is 12.1 Å². The number of hydrogen-bond donors (Lipinski definition) is 3. The van der Waals surface area contributed by atoms with Gasteiger partial charge in [0.2, 0.25) is 0 Å². The Hall–Kier alpha value is -1.89. The molecule has 0 radical (unpaired) electrons. The van der Waals surface area contributed by atoms with Crippen molar-refractivity contribution in [2.45, 2.75) is 50.9 Å². The third-order valence-corrected chi connectivity index (χ3v) is 3.86. The first-order valence-electron chi connectivity index (χ1n) is 7.84. The summed E-state index contributed by atoms with van der Waals surface area (Å²) in [6.45, 7) is -2.83. The molecule has 0 saturated heterocycles. The van der Waals surface area contributed by atoms with E-state index in [-0.39, 0.29) is 12.3 Å². The monoisotopic (exact) mass is 327 g/mol. The summed E-state index contributed by atoms with van der Waals surface area (Å²) in [5, 5.41) is 13.3. The van der Waals surface area contributed by atoms with Crippen LogP contribution in [-0.4, -0.2) is 30.3 Å². The Kier molecular flexibility index (Phi) is 6.58. The number of rotatable bonds is 6. The zero-order valence-corrected chi connectivity index (χ0v) is 12.9. The van der Waals surface area contributed by atoms with Crippen molar-refractivity contribution in [2.75, 3.05) is 6.54 Å². The van der Waals surface area contributed by atoms with Crippen molar-refractivity contribution in [3.8, 4) is 5.75 Å². The van der Waals surface area contributed by atoms with Gasteiger partial charge in [0, 0.05) is 6.04 Å². The zero-order chi connectivity index (χ0) is 16.7. The zero-order valence-electron chi connectivity index (χ0n) is 12.9. The Balaban J connectivity index is 1.87. The van der Waals surface area contributed by atoms with Crippen molar-refractivity contribution >= 4 is 5.96 Å². The molecule has 0 heterocycles. The SMILES string of the molecule is NC(=NCC(O)c1cccc(OC(F)F)c1)NC1CCCCC1. The third kappa shape index (κ3) is 6.02. The van der Waals surface area contributed by atoms with E-state index >= 15 is 0 Å². The molecular weight excluding hydrogens is 304 g/mol. The van der Waals surface area contributed by atoms with E-state index in [4.69, 9.17) is 5.73 Å². The summed E-state index contributed by atoms with van der Waals surface area (Å²) in [4.78, 5) is 4.13. The Morgan fingerprint density at radius 3 is 2.78 bits per heavy atom. The average molecular weight is 327 g/mol. The second kappa shape index (κ2) is 8.67. The second-order valence-corrected chi connectivity index (χ2v) is 5.67. The van der Waals surface area contributed by atoms with Gasteiger partial charge in [-0.15, -0.1) is 0 Å². The van der Waals surface area contributed by atoms with Gasteiger partial charge in [-0.05, 0) is 30.5 Å². The molecule has 0 amide bonds. The van der Waals surface area contributed by atoms with E-state index in [9.17, 15) is 13.9 Å². The van der Waals surface area contributed by atoms with Gasteiger partial charge in [-0.3, -0.25) is 4.99 Å². The van der Waals surface area contributed by atoms with Crippen LogP contribution in [0, 0.1) is 0 Å². The van der Waals surface area contributed by atoms with Crippen LogP contribution in [0.2, 0.25) is 0 Å². The molecule has 0 aromatic heterocycles. The minimum Gasteiger partial charge on any atom is -0.435 e. The van der Waals surface area contributed by atoms with Gasteiger partial charge in [-0.1, -0.05) is 31.4 Å². The number of hydrogen-bond acceptors (Lipinski definition) is 3. The van der Waals surface area contributed by atoms with Crippen LogP contribution >= 0.6 is 0 Å². The first-order valence-corrected chi connectivity index (χ1v) is 7.84. The number of nitrogens with one attached hydrogen (secondary N) is 1. The normalized spacial score (nSPS) is 18.0. The molecule has 128 valence electrons. The Bertz CT molecular complexity index is 520. The number of nitrogens with zero attached hydrogens (tertiary/aromatic N) is 1. The summed E-state index contributed by atoms with van der Waals surface area (Å²) < 4.78 is 28.7. The topological polar surface area (TPSA) is 79.9 Å². The van der Waals surface area contributed by atoms with Crippen LogP contribution in [0.4, 0.5) is 8.78 Å². The van der Waals surface area contributed by atoms with Crippen LogP contribution in [0.15, 0.2) is 29.3 Å². The summed E-state index contributed by atoms with van der Waals surface area (Å²) in [7, 11) is 0. The molecule has 23 heavy (non-hydrogen) atoms. The van der Waals surface area contributed by atoms with Gasteiger partial charge < -0.3 is 20.9 Å². The van der Waals surface area contributed by atoms with E-state index in [2.05, 4.69) is 15.0 Å². The van der Waals surface area contributed by atoms with E-state index in [1.807, 2.05) is 0 Å². The summed E-state index contributed by atoms with van der Waals surface area (Å²) in [5.41, 5.74) is 6.29. The van der Waals surface area contributed by atoms with Crippen molar-refractivity contribution < 1.29 is 18.6 Å². The number of alkyl halides is 2. The molecule has 0 bridgehead atoms. The highest BCUT2D eigenvalue weighted by Crippen LogP contribution is 2.21. The minimum atomic E-state index is -2.89. The number of halogens is 2. The maximum atomic E-state index is 12.2. The van der Waals surface area contributed by atoms with Crippen LogP contribution in [0.25, 0.3) is 0 Å². The lowest BCUT2D eigenvalue weighted by molar-refractivity contribution is -0.0499. The Morgan fingerprint density at radius 2 is 2.09 bits per heavy atom. The lowest BCUT2D eigenvalue weighted by Gasteiger charge is -2.23. The fraction of sp³-hybridized carbons (Fsp3) is 0.562. The number of nitrogens with two attached hydrogens (primary N) is 1. The lowest BCUT2D eigenvalue weighted by atomic mass is 9.96. The molecule has 4 N–H and O–H groups in total. The molecule has 5 nitrogen and oxygen atoms in total. The molecule has 2 rings (SSSR count). The molecule has 1 atom stereocenters. The highest BCUT2D eigenvalue weighted by atomic mass is 19.3. The quantitative estimate of drug-likeness (QED) is 0.554. The molecule has 0 aliphatic heterocycles. The maximum absolute atomic E-state index is 12.2. The van der Waals surface area contributed by atoms with Crippen molar-refractivity contribution in [1.29, 1.82) is 0 Å². The number of aliphatic hydroxyl groups excluding tert-OH is 1. The van der Waals surface area contributed by atoms with E-state index in [0.717, 1.165) is 12.8 Å². The van der Waals surface area contributed by atoms with Gasteiger partial charge in [0.05, 0.1) is 12.6 Å². The molecule has 0 spiro atoms. The Labute approximate surface area is 134 Å². The van der Waals surface area contributed by atoms with Gasteiger partial charge >= 0.3 is 6.61 Å². The van der Waals surface area contributed by atoms with E-state index in [0.29, 0.717) is 17.6 Å². The van der Waals surface area contributed by atoms with Crippen molar-refractivity contribution in [2.24, 2.45) is 10.7 Å². The van der Waals surface area contributed by atoms with Gasteiger partial charge in [0.15, 0.2) is 5.96 Å². The van der Waals surface area contributed by atoms with Crippen LogP contribution in [0.5, 0.6) is 5.75 Å². The molecule has 1 aromatic rings. The van der Waals surface area contributed by atoms with Gasteiger partial charge in [0.1, 0.15) is 5.75 Å². The van der Waals surface area contributed by atoms with Crippen molar-refractivity contribution in [3.63, 3.8) is 0 Å². The summed E-state index contributed by atoms with van der Waals surface area (Å²) in [6, 6.07) is 6.29. The standard InChI is InChI=1S/C16H23F2N3O2/c17-15(18)23-13-8-4-5-11(9-13)14(22)10-20-16(19)21-12-6-2-1-3-7-12/h4-5,8-9,12,14-15,22H,1-3,6-7,10H2,(H3,19,20,21). The van der Waals surface area contributed by atoms with E-state index < -0.39 is 12.7 Å². The fourth-order valence-electron chi connectivity index (χ4n) is 2.69. The average Bonchev–Trinajstić information content (AvgIpc) is 2.53. The largest absolute Gasteiger partial charge is 0.435 e. The third-order valence-electron chi connectivity index (χ3n) is 3.86. The van der Waals surface area contributed by atoms with Crippen molar-refractivity contribution in [3.05, 3.63) is 29.8 Å². The molecular formula is C16H23F2N3O2. The fourth-order valence-corrected chi connectivity index (χ4v) is 2.69. The number of benzene rings is 1. The van der Waals surface area contributed by atoms with Crippen LogP contribution in [0.3, 0.4) is 0 Å². The predicted octanol–water partition coefficient (Wildman–Crippen LogP) is 2.56. The molecule has 1 unspecified atom stereocenters. The van der Waals surface area contributed by atoms with Crippen LogP contribution < -0.4 is 15.8 Å². The van der Waals surface area contributed by atoms with Gasteiger partial charge in [0.25, 0.3) is 0 Å². The molecule has 1 aromatic carbocycles. The predicted molar refractivity (Wildman–Crippen MR) is 84.5 cm³/mol. The number of guanidine groups is 1. The maximum Gasteiger partial charge on any atom is 0.387 e. The molecule has 7 heteroatoms. The van der Waals surface area contributed by atoms with Crippen LogP contribution in [-0.2, 0) is 0 Å². The molecule has 1 aliphatic rings. The second-order valence-electron chi connectivity index (χ2n) is 5.67. The highest BCUT2D eigenvalue weighted by molar-refractivity contribution is 5.78. The Morgan fingerprint density at radius 1 is 1.35 bits per heavy atom. The lowest BCUT2D eigenvalue weighted by Crippen LogP contribution is -2.41. The minimum absolute atomic E-state index is 0.00818. The number of ether oxygens (including phenoxy) is 1. The summed E-state index contributed by atoms with van der Waals surface area (Å²) in [5.74, 6) is 0.310. The van der Waals surface area contributed by atoms with Crippen LogP contribution in [0.1, 0.15) is 43.8 Å². The van der Waals surface area contributed by atoms with Gasteiger partial charge in [-0.2, -0.15) is 8.78 Å². The first kappa shape index (κ1) is 17.5. The molecule has 1 fully saturated rings. The van der Waals surface area contributed by atoms with E-state index in [1.165, 1.54) is 31.4 Å². The van der Waals surface area contributed by atoms with Crippen molar-refractivity contribution in [1.82, 2.24) is 5.32 Å². The first-order chi connectivity index (χ1) is 11.0. The molecule has 1 aliphatic carbocycles. The highest BCUT2D eigenvalue weighted by Gasteiger charge is 2.14. The van der Waals surface area contributed by atoms with Gasteiger partial charge in [-0.25, -0.2) is 0 Å². The number of aliphatic imine (C=N–C) groups is 1.